The first-order valence-electron chi connectivity index (χ1n) is 9.56. The van der Waals surface area contributed by atoms with Crippen LogP contribution < -0.4 is 10.5 Å². The van der Waals surface area contributed by atoms with E-state index in [0.29, 0.717) is 21.0 Å². The van der Waals surface area contributed by atoms with Gasteiger partial charge in [-0.05, 0) is 36.4 Å². The van der Waals surface area contributed by atoms with Crippen molar-refractivity contribution in [2.24, 2.45) is 7.05 Å². The summed E-state index contributed by atoms with van der Waals surface area (Å²) in [6.07, 6.45) is 0. The lowest BCUT2D eigenvalue weighted by Gasteiger charge is -2.19. The number of aromatic nitrogens is 1. The van der Waals surface area contributed by atoms with Crippen LogP contribution in [0.5, 0.6) is 5.75 Å². The molecule has 4 aromatic rings. The molecule has 0 spiro atoms. The van der Waals surface area contributed by atoms with Gasteiger partial charge in [0.05, 0.1) is 5.52 Å². The quantitative estimate of drug-likeness (QED) is 0.499. The van der Waals surface area contributed by atoms with E-state index in [4.69, 9.17) is 0 Å². The van der Waals surface area contributed by atoms with Gasteiger partial charge in [-0.25, -0.2) is 0 Å². The van der Waals surface area contributed by atoms with Crippen molar-refractivity contribution >= 4 is 33.7 Å². The number of para-hydroxylation sites is 1. The molecule has 0 fully saturated rings. The van der Waals surface area contributed by atoms with Crippen molar-refractivity contribution in [2.45, 2.75) is 9.79 Å². The summed E-state index contributed by atoms with van der Waals surface area (Å²) in [7, 11) is 3.08. The Labute approximate surface area is 182 Å². The highest BCUT2D eigenvalue weighted by Gasteiger charge is 2.26. The molecule has 0 bridgehead atoms. The molecule has 3 aromatic carbocycles. The number of hydrogen-bond acceptors (Lipinski definition) is 4. The average molecular weight is 433 g/mol. The van der Waals surface area contributed by atoms with Crippen molar-refractivity contribution in [2.75, 3.05) is 11.9 Å². The summed E-state index contributed by atoms with van der Waals surface area (Å²) in [5.41, 5.74) is 0.0990. The Hall–Kier alpha value is -3.55. The number of aryl methyl sites for hydroxylation is 1. The molecule has 4 rings (SSSR count). The zero-order chi connectivity index (χ0) is 22.1. The van der Waals surface area contributed by atoms with Crippen molar-refractivity contribution in [3.63, 3.8) is 0 Å². The van der Waals surface area contributed by atoms with E-state index in [9.17, 15) is 19.2 Å². The van der Waals surface area contributed by atoms with Crippen LogP contribution in [0.3, 0.4) is 0 Å². The Balaban J connectivity index is 1.85. The number of carbonyl (C=O) groups excluding carboxylic acids is 1. The van der Waals surface area contributed by atoms with Gasteiger partial charge in [-0.2, -0.15) is 0 Å². The minimum Gasteiger partial charge on any atom is -0.606 e. The molecule has 1 unspecified atom stereocenters. The number of amides is 1. The number of benzene rings is 3. The Morgan fingerprint density at radius 3 is 2.23 bits per heavy atom. The average Bonchev–Trinajstić information content (AvgIpc) is 2.82. The first-order valence-corrected chi connectivity index (χ1v) is 10.7. The molecule has 0 aliphatic rings. The maximum absolute atomic E-state index is 13.1. The summed E-state index contributed by atoms with van der Waals surface area (Å²) in [5.74, 6) is -1.04. The fourth-order valence-electron chi connectivity index (χ4n) is 3.44. The second-order valence-corrected chi connectivity index (χ2v) is 8.53. The Morgan fingerprint density at radius 2 is 1.58 bits per heavy atom. The summed E-state index contributed by atoms with van der Waals surface area (Å²) in [6.45, 7) is 0. The highest BCUT2D eigenvalue weighted by atomic mass is 32.2. The van der Waals surface area contributed by atoms with E-state index in [1.807, 2.05) is 12.1 Å². The lowest BCUT2D eigenvalue weighted by molar-refractivity contribution is 0.0988. The second kappa shape index (κ2) is 8.29. The lowest BCUT2D eigenvalue weighted by atomic mass is 10.1. The summed E-state index contributed by atoms with van der Waals surface area (Å²) in [4.78, 5) is 28.4. The second-order valence-electron chi connectivity index (χ2n) is 7.05. The molecule has 1 atom stereocenters. The number of nitrogens with zero attached hydrogens (tertiary/aromatic N) is 2. The van der Waals surface area contributed by atoms with Crippen molar-refractivity contribution < 1.29 is 14.5 Å². The predicted octanol–water partition coefficient (Wildman–Crippen LogP) is 3.69. The molecule has 156 valence electrons. The van der Waals surface area contributed by atoms with Crippen LogP contribution in [0.4, 0.5) is 5.69 Å². The topological polar surface area (TPSA) is 85.6 Å². The first-order chi connectivity index (χ1) is 14.9. The minimum absolute atomic E-state index is 0.286. The predicted molar refractivity (Wildman–Crippen MR) is 121 cm³/mol. The Kier molecular flexibility index (Phi) is 5.54. The SMILES string of the molecule is CN(C(=O)c1c(O)c2cc([S+]([O-])c3ccccc3)ccc2n(C)c1=O)c1ccccc1. The molecule has 1 N–H and O–H groups in total. The maximum Gasteiger partial charge on any atom is 0.267 e. The van der Waals surface area contributed by atoms with Gasteiger partial charge >= 0.3 is 0 Å². The van der Waals surface area contributed by atoms with E-state index >= 15 is 0 Å². The van der Waals surface area contributed by atoms with E-state index in [2.05, 4.69) is 0 Å². The monoisotopic (exact) mass is 432 g/mol. The third-order valence-corrected chi connectivity index (χ3v) is 6.56. The summed E-state index contributed by atoms with van der Waals surface area (Å²) < 4.78 is 14.3. The van der Waals surface area contributed by atoms with Crippen molar-refractivity contribution in [1.82, 2.24) is 4.57 Å². The van der Waals surface area contributed by atoms with E-state index in [-0.39, 0.29) is 10.9 Å². The van der Waals surface area contributed by atoms with Crippen LogP contribution >= 0.6 is 0 Å². The van der Waals surface area contributed by atoms with Crippen LogP contribution in [0.1, 0.15) is 10.4 Å². The molecule has 1 aromatic heterocycles. The van der Waals surface area contributed by atoms with Gasteiger partial charge < -0.3 is 19.1 Å². The summed E-state index contributed by atoms with van der Waals surface area (Å²) >= 11 is -1.47. The van der Waals surface area contributed by atoms with Crippen LogP contribution in [-0.4, -0.2) is 27.2 Å². The van der Waals surface area contributed by atoms with Crippen LogP contribution in [0.2, 0.25) is 0 Å². The van der Waals surface area contributed by atoms with Gasteiger partial charge in [-0.15, -0.1) is 0 Å². The largest absolute Gasteiger partial charge is 0.606 e. The summed E-state index contributed by atoms with van der Waals surface area (Å²) in [5, 5.41) is 11.2. The fourth-order valence-corrected chi connectivity index (χ4v) is 4.53. The van der Waals surface area contributed by atoms with Gasteiger partial charge in [0, 0.05) is 42.4 Å². The molecule has 0 aliphatic heterocycles. The van der Waals surface area contributed by atoms with Gasteiger partial charge in [0.15, 0.2) is 9.79 Å². The molecule has 0 aliphatic carbocycles. The van der Waals surface area contributed by atoms with Crippen molar-refractivity contribution in [1.29, 1.82) is 0 Å². The maximum atomic E-state index is 13.1. The van der Waals surface area contributed by atoms with Crippen molar-refractivity contribution in [3.8, 4) is 5.75 Å². The smallest absolute Gasteiger partial charge is 0.267 e. The van der Waals surface area contributed by atoms with E-state index in [1.165, 1.54) is 16.5 Å². The molecule has 0 radical (unpaired) electrons. The van der Waals surface area contributed by atoms with Gasteiger partial charge in [0.2, 0.25) is 0 Å². The zero-order valence-corrected chi connectivity index (χ0v) is 17.8. The Morgan fingerprint density at radius 1 is 0.968 bits per heavy atom. The highest BCUT2D eigenvalue weighted by molar-refractivity contribution is 7.91. The van der Waals surface area contributed by atoms with E-state index < -0.39 is 28.4 Å². The number of aromatic hydroxyl groups is 1. The highest BCUT2D eigenvalue weighted by Crippen LogP contribution is 2.31. The third kappa shape index (κ3) is 3.69. The number of hydrogen-bond donors (Lipinski definition) is 1. The van der Waals surface area contributed by atoms with Crippen LogP contribution in [0, 0.1) is 0 Å². The molecule has 7 heteroatoms. The number of carbonyl (C=O) groups is 1. The van der Waals surface area contributed by atoms with Crippen LogP contribution in [0.15, 0.2) is 93.4 Å². The third-order valence-electron chi connectivity index (χ3n) is 5.17. The van der Waals surface area contributed by atoms with Gasteiger partial charge in [0.1, 0.15) is 11.3 Å². The van der Waals surface area contributed by atoms with Crippen molar-refractivity contribution in [3.05, 3.63) is 94.8 Å². The lowest BCUT2D eigenvalue weighted by Crippen LogP contribution is -2.34. The molecule has 31 heavy (non-hydrogen) atoms. The van der Waals surface area contributed by atoms with E-state index in [0.717, 1.165) is 0 Å². The van der Waals surface area contributed by atoms with Crippen LogP contribution in [-0.2, 0) is 18.2 Å². The molecular weight excluding hydrogens is 412 g/mol. The first kappa shape index (κ1) is 20.7. The minimum atomic E-state index is -1.47. The molecular formula is C24H20N2O4S. The van der Waals surface area contributed by atoms with Gasteiger partial charge in [0.25, 0.3) is 11.5 Å². The summed E-state index contributed by atoms with van der Waals surface area (Å²) in [6, 6.07) is 22.6. The Bertz CT molecular complexity index is 1320. The standard InChI is InChI=1S/C24H20N2O4S/c1-25(16-9-5-3-6-10-16)23(28)21-22(27)19-15-18(13-14-20(19)26(2)24(21)29)31(30)17-11-7-4-8-12-17/h3-15,27H,1-2H3. The van der Waals surface area contributed by atoms with E-state index in [1.54, 1.807) is 73.8 Å². The molecule has 1 heterocycles. The molecule has 0 saturated heterocycles. The molecule has 1 amide bonds. The number of anilines is 1. The zero-order valence-electron chi connectivity index (χ0n) is 17.0. The van der Waals surface area contributed by atoms with Crippen LogP contribution in [0.25, 0.3) is 10.9 Å². The van der Waals surface area contributed by atoms with Gasteiger partial charge in [-0.1, -0.05) is 36.4 Å². The number of rotatable bonds is 4. The number of pyridine rings is 1. The fraction of sp³-hybridized carbons (Fsp3) is 0.0833. The normalized spacial score (nSPS) is 12.0. The number of fused-ring (bicyclic) bond motifs is 1. The molecule has 6 nitrogen and oxygen atoms in total. The molecule has 0 saturated carbocycles. The van der Waals surface area contributed by atoms with Gasteiger partial charge in [-0.3, -0.25) is 9.59 Å².